The molecule has 8 heteroatoms. The fourth-order valence-electron chi connectivity index (χ4n) is 3.70. The van der Waals surface area contributed by atoms with Gasteiger partial charge in [0, 0.05) is 12.1 Å². The molecule has 1 amide bonds. The fraction of sp³-hybridized carbons (Fsp3) is 0.480. The summed E-state index contributed by atoms with van der Waals surface area (Å²) < 4.78 is 38.6. The van der Waals surface area contributed by atoms with Crippen LogP contribution in [0, 0.1) is 23.7 Å². The number of rotatable bonds is 10. The van der Waals surface area contributed by atoms with Gasteiger partial charge in [0.2, 0.25) is 0 Å². The van der Waals surface area contributed by atoms with Crippen molar-refractivity contribution < 1.29 is 18.0 Å². The van der Waals surface area contributed by atoms with Crippen LogP contribution in [0.4, 0.5) is 13.2 Å². The number of pyridine rings is 1. The summed E-state index contributed by atoms with van der Waals surface area (Å²) in [5.41, 5.74) is 0.740. The number of nitrogens with one attached hydrogen (secondary N) is 1. The summed E-state index contributed by atoms with van der Waals surface area (Å²) in [5, 5.41) is 12.6. The average molecular weight is 478 g/mol. The smallest absolute Gasteiger partial charge is 0.351 e. The van der Waals surface area contributed by atoms with Gasteiger partial charge in [0.05, 0.1) is 28.1 Å². The maximum atomic E-state index is 13.0. The molecule has 2 rings (SSSR count). The topological polar surface area (TPSA) is 65.8 Å². The van der Waals surface area contributed by atoms with E-state index in [2.05, 4.69) is 31.1 Å². The van der Waals surface area contributed by atoms with Crippen molar-refractivity contribution in [2.24, 2.45) is 5.41 Å². The Bertz CT molecular complexity index is 994. The van der Waals surface area contributed by atoms with Crippen molar-refractivity contribution in [3.05, 3.63) is 52.7 Å². The van der Waals surface area contributed by atoms with Gasteiger partial charge < -0.3 is 5.32 Å². The number of carbonyl (C=O) groups is 1. The Kier molecular flexibility index (Phi) is 9.35. The lowest BCUT2D eigenvalue weighted by atomic mass is 9.79. The molecule has 1 aromatic carbocycles. The van der Waals surface area contributed by atoms with Gasteiger partial charge in [-0.25, -0.2) is 0 Å². The Hall–Kier alpha value is -2.53. The summed E-state index contributed by atoms with van der Waals surface area (Å²) >= 11 is 1.88. The van der Waals surface area contributed by atoms with Gasteiger partial charge in [0.1, 0.15) is 6.07 Å². The third-order valence-electron chi connectivity index (χ3n) is 6.17. The highest BCUT2D eigenvalue weighted by molar-refractivity contribution is 7.99. The van der Waals surface area contributed by atoms with Gasteiger partial charge in [-0.1, -0.05) is 32.9 Å². The van der Waals surface area contributed by atoms with Crippen molar-refractivity contribution in [2.75, 3.05) is 18.1 Å². The molecule has 178 valence electrons. The number of alkyl halides is 3. The Labute approximate surface area is 198 Å². The highest BCUT2D eigenvalue weighted by Gasteiger charge is 2.30. The number of hydrogen-bond acceptors (Lipinski definition) is 4. The van der Waals surface area contributed by atoms with Crippen molar-refractivity contribution in [2.45, 2.75) is 53.1 Å². The number of hydrogen-bond donors (Lipinski definition) is 1. The number of halogens is 3. The van der Waals surface area contributed by atoms with Crippen LogP contribution >= 0.6 is 11.8 Å². The number of nitrogens with zero attached hydrogens (tertiary/aromatic N) is 2. The maximum Gasteiger partial charge on any atom is 0.416 e. The monoisotopic (exact) mass is 477 g/mol. The molecule has 0 atom stereocenters. The summed E-state index contributed by atoms with van der Waals surface area (Å²) in [4.78, 5) is 17.4. The number of benzene rings is 1. The highest BCUT2D eigenvalue weighted by Crippen LogP contribution is 2.33. The number of nitriles is 1. The van der Waals surface area contributed by atoms with Crippen LogP contribution in [0.15, 0.2) is 30.3 Å². The Balaban J connectivity index is 2.26. The molecule has 0 unspecified atom stereocenters. The Morgan fingerprint density at radius 1 is 1.15 bits per heavy atom. The molecule has 0 aliphatic carbocycles. The van der Waals surface area contributed by atoms with Crippen LogP contribution in [0.2, 0.25) is 0 Å². The molecule has 4 nitrogen and oxygen atoms in total. The molecule has 0 radical (unpaired) electrons. The highest BCUT2D eigenvalue weighted by atomic mass is 32.2. The third-order valence-corrected chi connectivity index (χ3v) is 7.07. The van der Waals surface area contributed by atoms with E-state index in [1.54, 1.807) is 6.92 Å². The Morgan fingerprint density at radius 2 is 1.79 bits per heavy atom. The van der Waals surface area contributed by atoms with Gasteiger partial charge in [-0.3, -0.25) is 9.78 Å². The number of amides is 1. The molecule has 0 saturated heterocycles. The zero-order valence-electron chi connectivity index (χ0n) is 19.5. The van der Waals surface area contributed by atoms with E-state index in [4.69, 9.17) is 0 Å². The van der Waals surface area contributed by atoms with Crippen LogP contribution < -0.4 is 5.32 Å². The molecule has 0 spiro atoms. The van der Waals surface area contributed by atoms with E-state index in [1.165, 1.54) is 18.2 Å². The molecule has 0 aliphatic heterocycles. The van der Waals surface area contributed by atoms with Gasteiger partial charge in [-0.05, 0) is 61.3 Å². The summed E-state index contributed by atoms with van der Waals surface area (Å²) in [7, 11) is 0. The molecule has 0 aliphatic rings. The van der Waals surface area contributed by atoms with Crippen LogP contribution in [0.5, 0.6) is 0 Å². The zero-order valence-corrected chi connectivity index (χ0v) is 20.3. The molecular weight excluding hydrogens is 447 g/mol. The number of aryl methyl sites for hydroxylation is 1. The van der Waals surface area contributed by atoms with Crippen LogP contribution in [0.1, 0.15) is 67.2 Å². The first-order valence-corrected chi connectivity index (χ1v) is 12.2. The molecule has 0 bridgehead atoms. The molecule has 1 N–H and O–H groups in total. The minimum Gasteiger partial charge on any atom is -0.351 e. The maximum absolute atomic E-state index is 13.0. The predicted octanol–water partition coefficient (Wildman–Crippen LogP) is 6.63. The van der Waals surface area contributed by atoms with Crippen LogP contribution in [0.25, 0.3) is 11.3 Å². The number of aromatic nitrogens is 1. The molecule has 33 heavy (non-hydrogen) atoms. The van der Waals surface area contributed by atoms with Crippen molar-refractivity contribution in [1.29, 1.82) is 5.26 Å². The second-order valence-electron chi connectivity index (χ2n) is 8.04. The lowest BCUT2D eigenvalue weighted by Gasteiger charge is -2.32. The third kappa shape index (κ3) is 6.73. The SMILES string of the molecule is CCSCCC(CC)(CC)CNC(=O)c1cc(C#N)c(-c2ccc(C(F)(F)F)cc2)nc1C. The number of carbonyl (C=O) groups excluding carboxylic acids is 1. The Morgan fingerprint density at radius 3 is 2.30 bits per heavy atom. The average Bonchev–Trinajstić information content (AvgIpc) is 2.80. The van der Waals surface area contributed by atoms with Crippen molar-refractivity contribution >= 4 is 17.7 Å². The molecule has 1 aromatic heterocycles. The summed E-state index contributed by atoms with van der Waals surface area (Å²) in [5.74, 6) is 1.79. The first kappa shape index (κ1) is 26.7. The van der Waals surface area contributed by atoms with E-state index < -0.39 is 11.7 Å². The minimum atomic E-state index is -4.44. The van der Waals surface area contributed by atoms with Crippen molar-refractivity contribution in [3.63, 3.8) is 0 Å². The van der Waals surface area contributed by atoms with Gasteiger partial charge in [-0.15, -0.1) is 0 Å². The van der Waals surface area contributed by atoms with E-state index >= 15 is 0 Å². The fourth-order valence-corrected chi connectivity index (χ4v) is 4.56. The summed E-state index contributed by atoms with van der Waals surface area (Å²) in [6.45, 7) is 8.58. The zero-order chi connectivity index (χ0) is 24.6. The molecule has 1 heterocycles. The summed E-state index contributed by atoms with van der Waals surface area (Å²) in [6, 6.07) is 7.99. The first-order valence-electron chi connectivity index (χ1n) is 11.1. The van der Waals surface area contributed by atoms with Gasteiger partial charge in [0.15, 0.2) is 0 Å². The second-order valence-corrected chi connectivity index (χ2v) is 9.43. The largest absolute Gasteiger partial charge is 0.416 e. The standard InChI is InChI=1S/C25H30F3N3OS/c1-5-24(6-2,12-13-33-7-3)16-30-23(32)21-14-19(15-29)22(31-17(21)4)18-8-10-20(11-9-18)25(26,27)28/h8-11,14H,5-7,12-13,16H2,1-4H3,(H,30,32). The van der Waals surface area contributed by atoms with Crippen LogP contribution in [0.3, 0.4) is 0 Å². The lowest BCUT2D eigenvalue weighted by Crippen LogP contribution is -2.37. The van der Waals surface area contributed by atoms with E-state index in [0.29, 0.717) is 23.4 Å². The van der Waals surface area contributed by atoms with Crippen molar-refractivity contribution in [3.8, 4) is 17.3 Å². The number of thioether (sulfide) groups is 1. The second kappa shape index (κ2) is 11.6. The molecule has 0 fully saturated rings. The lowest BCUT2D eigenvalue weighted by molar-refractivity contribution is -0.137. The first-order chi connectivity index (χ1) is 15.6. The molecule has 2 aromatic rings. The molecular formula is C25H30F3N3OS. The van der Waals surface area contributed by atoms with Gasteiger partial charge in [0.25, 0.3) is 5.91 Å². The van der Waals surface area contributed by atoms with Gasteiger partial charge >= 0.3 is 6.18 Å². The van der Waals surface area contributed by atoms with Gasteiger partial charge in [-0.2, -0.15) is 30.2 Å². The van der Waals surface area contributed by atoms with Crippen LogP contribution in [-0.4, -0.2) is 28.9 Å². The summed E-state index contributed by atoms with van der Waals surface area (Å²) in [6.07, 6.45) is -1.54. The van der Waals surface area contributed by atoms with E-state index in [-0.39, 0.29) is 22.6 Å². The van der Waals surface area contributed by atoms with E-state index in [9.17, 15) is 23.2 Å². The normalized spacial score (nSPS) is 11.8. The predicted molar refractivity (Wildman–Crippen MR) is 127 cm³/mol. The van der Waals surface area contributed by atoms with Crippen molar-refractivity contribution in [1.82, 2.24) is 10.3 Å². The quantitative estimate of drug-likeness (QED) is 0.390. The minimum absolute atomic E-state index is 0.0113. The van der Waals surface area contributed by atoms with E-state index in [1.807, 2.05) is 17.8 Å². The van der Waals surface area contributed by atoms with E-state index in [0.717, 1.165) is 42.9 Å². The molecule has 0 saturated carbocycles. The van der Waals surface area contributed by atoms with Crippen LogP contribution in [-0.2, 0) is 6.18 Å².